The molecule has 3 nitrogen and oxygen atoms in total. The summed E-state index contributed by atoms with van der Waals surface area (Å²) >= 11 is 0. The molecule has 0 amide bonds. The lowest BCUT2D eigenvalue weighted by Crippen LogP contribution is -2.43. The molecular formula is C14H25NO2. The van der Waals surface area contributed by atoms with Crippen LogP contribution in [-0.2, 0) is 9.53 Å². The molecule has 0 aromatic carbocycles. The van der Waals surface area contributed by atoms with Gasteiger partial charge in [-0.25, -0.2) is 0 Å². The van der Waals surface area contributed by atoms with Gasteiger partial charge in [-0.3, -0.25) is 4.79 Å². The maximum absolute atomic E-state index is 11.9. The predicted molar refractivity (Wildman–Crippen MR) is 67.8 cm³/mol. The van der Waals surface area contributed by atoms with E-state index in [1.807, 2.05) is 6.92 Å². The molecule has 17 heavy (non-hydrogen) atoms. The highest BCUT2D eigenvalue weighted by Crippen LogP contribution is 2.22. The van der Waals surface area contributed by atoms with Crippen molar-refractivity contribution in [1.29, 1.82) is 0 Å². The number of carbonyl (C=O) groups is 1. The van der Waals surface area contributed by atoms with Crippen molar-refractivity contribution in [3.8, 4) is 0 Å². The van der Waals surface area contributed by atoms with E-state index in [2.05, 4.69) is 5.32 Å². The normalized spacial score (nSPS) is 24.8. The third-order valence-electron chi connectivity index (χ3n) is 4.03. The van der Waals surface area contributed by atoms with E-state index in [1.54, 1.807) is 0 Å². The summed E-state index contributed by atoms with van der Waals surface area (Å²) in [6, 6.07) is 0.383. The Morgan fingerprint density at radius 2 is 1.65 bits per heavy atom. The number of rotatable bonds is 4. The molecule has 0 saturated heterocycles. The van der Waals surface area contributed by atoms with Gasteiger partial charge in [-0.2, -0.15) is 0 Å². The van der Waals surface area contributed by atoms with Gasteiger partial charge in [0.2, 0.25) is 0 Å². The first-order valence-electron chi connectivity index (χ1n) is 7.22. The number of hydrogen-bond acceptors (Lipinski definition) is 3. The second-order valence-corrected chi connectivity index (χ2v) is 5.57. The van der Waals surface area contributed by atoms with E-state index in [9.17, 15) is 4.79 Å². The van der Waals surface area contributed by atoms with E-state index in [0.29, 0.717) is 6.04 Å². The highest BCUT2D eigenvalue weighted by molar-refractivity contribution is 5.75. The quantitative estimate of drug-likeness (QED) is 0.767. The molecule has 1 N–H and O–H groups in total. The molecule has 98 valence electrons. The fourth-order valence-corrected chi connectivity index (χ4v) is 2.96. The topological polar surface area (TPSA) is 38.3 Å². The minimum atomic E-state index is -0.140. The zero-order valence-electron chi connectivity index (χ0n) is 10.9. The predicted octanol–water partition coefficient (Wildman–Crippen LogP) is 2.78. The van der Waals surface area contributed by atoms with Gasteiger partial charge in [0, 0.05) is 6.04 Å². The fraction of sp³-hybridized carbons (Fsp3) is 0.929. The highest BCUT2D eigenvalue weighted by atomic mass is 16.5. The molecule has 3 heteroatoms. The lowest BCUT2D eigenvalue weighted by molar-refractivity contribution is -0.151. The van der Waals surface area contributed by atoms with Crippen LogP contribution in [0.15, 0.2) is 0 Å². The minimum absolute atomic E-state index is 0.0533. The van der Waals surface area contributed by atoms with Crippen molar-refractivity contribution in [3.05, 3.63) is 0 Å². The zero-order chi connectivity index (χ0) is 12.1. The maximum Gasteiger partial charge on any atom is 0.323 e. The van der Waals surface area contributed by atoms with Crippen LogP contribution in [0.3, 0.4) is 0 Å². The van der Waals surface area contributed by atoms with Gasteiger partial charge in [0.05, 0.1) is 0 Å². The second-order valence-electron chi connectivity index (χ2n) is 5.57. The van der Waals surface area contributed by atoms with Crippen molar-refractivity contribution in [3.63, 3.8) is 0 Å². The van der Waals surface area contributed by atoms with Gasteiger partial charge in [-0.15, -0.1) is 0 Å². The van der Waals surface area contributed by atoms with E-state index >= 15 is 0 Å². The molecule has 0 aromatic rings. The number of esters is 1. The van der Waals surface area contributed by atoms with Gasteiger partial charge < -0.3 is 10.1 Å². The minimum Gasteiger partial charge on any atom is -0.461 e. The van der Waals surface area contributed by atoms with E-state index in [1.165, 1.54) is 44.9 Å². The summed E-state index contributed by atoms with van der Waals surface area (Å²) in [6.45, 7) is 1.94. The fourth-order valence-electron chi connectivity index (χ4n) is 2.96. The maximum atomic E-state index is 11.9. The highest BCUT2D eigenvalue weighted by Gasteiger charge is 2.24. The lowest BCUT2D eigenvalue weighted by atomic mass is 9.95. The molecule has 0 bridgehead atoms. The zero-order valence-corrected chi connectivity index (χ0v) is 10.9. The number of ether oxygens (including phenoxy) is 1. The summed E-state index contributed by atoms with van der Waals surface area (Å²) in [5, 5.41) is 3.42. The van der Waals surface area contributed by atoms with E-state index in [0.717, 1.165) is 12.8 Å². The molecule has 2 aliphatic rings. The largest absolute Gasteiger partial charge is 0.461 e. The van der Waals surface area contributed by atoms with Crippen LogP contribution in [0, 0.1) is 0 Å². The monoisotopic (exact) mass is 239 g/mol. The Labute approximate surface area is 104 Å². The van der Waals surface area contributed by atoms with E-state index in [-0.39, 0.29) is 18.1 Å². The standard InChI is InChI=1S/C14H25NO2/c1-11(15-12-7-3-2-4-8-12)14(16)17-13-9-5-6-10-13/h11-13,15H,2-10H2,1H3/t11-/m0/s1. The molecule has 0 aliphatic heterocycles. The van der Waals surface area contributed by atoms with Crippen LogP contribution < -0.4 is 5.32 Å². The van der Waals surface area contributed by atoms with Crippen LogP contribution in [-0.4, -0.2) is 24.2 Å². The van der Waals surface area contributed by atoms with Crippen molar-refractivity contribution < 1.29 is 9.53 Å². The number of carbonyl (C=O) groups excluding carboxylic acids is 1. The second kappa shape index (κ2) is 6.39. The molecule has 0 aromatic heterocycles. The van der Waals surface area contributed by atoms with Gasteiger partial charge in [0.1, 0.15) is 12.1 Å². The third kappa shape index (κ3) is 3.98. The number of hydrogen-bond donors (Lipinski definition) is 1. The average molecular weight is 239 g/mol. The van der Waals surface area contributed by atoms with Crippen LogP contribution in [0.2, 0.25) is 0 Å². The smallest absolute Gasteiger partial charge is 0.323 e. The van der Waals surface area contributed by atoms with Gasteiger partial charge in [0.15, 0.2) is 0 Å². The third-order valence-corrected chi connectivity index (χ3v) is 4.03. The molecule has 0 radical (unpaired) electrons. The van der Waals surface area contributed by atoms with Crippen molar-refractivity contribution >= 4 is 5.97 Å². The lowest BCUT2D eigenvalue weighted by Gasteiger charge is -2.26. The summed E-state index contributed by atoms with van der Waals surface area (Å²) < 4.78 is 5.51. The van der Waals surface area contributed by atoms with Crippen molar-refractivity contribution in [2.75, 3.05) is 0 Å². The van der Waals surface area contributed by atoms with Gasteiger partial charge in [-0.1, -0.05) is 19.3 Å². The first-order chi connectivity index (χ1) is 8.25. The Morgan fingerprint density at radius 1 is 1.06 bits per heavy atom. The summed E-state index contributed by atoms with van der Waals surface area (Å²) in [5.41, 5.74) is 0. The van der Waals surface area contributed by atoms with Crippen LogP contribution >= 0.6 is 0 Å². The average Bonchev–Trinajstić information content (AvgIpc) is 2.83. The van der Waals surface area contributed by atoms with Crippen LogP contribution in [0.5, 0.6) is 0 Å². The van der Waals surface area contributed by atoms with E-state index in [4.69, 9.17) is 4.74 Å². The molecule has 2 fully saturated rings. The summed E-state index contributed by atoms with van der Waals surface area (Å²) in [4.78, 5) is 11.9. The van der Waals surface area contributed by atoms with Crippen LogP contribution in [0.25, 0.3) is 0 Å². The summed E-state index contributed by atoms with van der Waals surface area (Å²) in [6.07, 6.45) is 11.1. The first-order valence-corrected chi connectivity index (χ1v) is 7.22. The summed E-state index contributed by atoms with van der Waals surface area (Å²) in [7, 11) is 0. The molecular weight excluding hydrogens is 214 g/mol. The van der Waals surface area contributed by atoms with Crippen molar-refractivity contribution in [2.24, 2.45) is 0 Å². The Kier molecular flexibility index (Phi) is 4.84. The van der Waals surface area contributed by atoms with Crippen LogP contribution in [0.4, 0.5) is 0 Å². The Hall–Kier alpha value is -0.570. The molecule has 1 atom stereocenters. The molecule has 0 spiro atoms. The van der Waals surface area contributed by atoms with Gasteiger partial charge in [-0.05, 0) is 45.4 Å². The molecule has 2 rings (SSSR count). The number of nitrogens with one attached hydrogen (secondary N) is 1. The SMILES string of the molecule is C[C@H](NC1CCCCC1)C(=O)OC1CCCC1. The van der Waals surface area contributed by atoms with Crippen LogP contribution in [0.1, 0.15) is 64.7 Å². The Balaban J connectivity index is 1.70. The van der Waals surface area contributed by atoms with Gasteiger partial charge >= 0.3 is 5.97 Å². The molecule has 0 unspecified atom stereocenters. The van der Waals surface area contributed by atoms with Crippen molar-refractivity contribution in [1.82, 2.24) is 5.32 Å². The Bertz CT molecular complexity index is 243. The van der Waals surface area contributed by atoms with E-state index < -0.39 is 0 Å². The summed E-state index contributed by atoms with van der Waals surface area (Å²) in [5.74, 6) is -0.0533. The molecule has 2 saturated carbocycles. The molecule has 0 heterocycles. The molecule has 2 aliphatic carbocycles. The first kappa shape index (κ1) is 12.9. The Morgan fingerprint density at radius 3 is 2.29 bits per heavy atom. The van der Waals surface area contributed by atoms with Gasteiger partial charge in [0.25, 0.3) is 0 Å². The van der Waals surface area contributed by atoms with Crippen molar-refractivity contribution in [2.45, 2.75) is 82.9 Å².